The number of aromatic nitrogens is 1. The number of benzene rings is 2. The number of aryl methyl sites for hydroxylation is 1. The summed E-state index contributed by atoms with van der Waals surface area (Å²) >= 11 is 0. The molecule has 9 heteroatoms. The number of hydrogen-bond donors (Lipinski definition) is 0. The van der Waals surface area contributed by atoms with Crippen LogP contribution in [0.1, 0.15) is 17.0 Å². The number of rotatable bonds is 6. The monoisotopic (exact) mass is 487 g/mol. The van der Waals surface area contributed by atoms with E-state index >= 15 is 0 Å². The second-order valence-electron chi connectivity index (χ2n) is 8.47. The molecule has 0 bridgehead atoms. The maximum atomic E-state index is 13.5. The molecular formula is C27H25N3O6. The number of carbonyl (C=O) groups excluding carboxylic acids is 3. The molecule has 2 aromatic carbocycles. The third-order valence-electron chi connectivity index (χ3n) is 6.25. The van der Waals surface area contributed by atoms with Crippen LogP contribution in [-0.4, -0.2) is 54.4 Å². The van der Waals surface area contributed by atoms with E-state index in [2.05, 4.69) is 0 Å². The third kappa shape index (κ3) is 3.93. The SMILES string of the molecule is COCCN1C(=O)/C(=C/c2cc(C)n(-c3ccc4c(c3)OCO4)c2C)C(=O)N(c2ccccc2)C1=O. The van der Waals surface area contributed by atoms with Gasteiger partial charge in [-0.2, -0.15) is 0 Å². The lowest BCUT2D eigenvalue weighted by atomic mass is 10.1. The Morgan fingerprint density at radius 3 is 2.42 bits per heavy atom. The Morgan fingerprint density at radius 1 is 0.917 bits per heavy atom. The molecule has 3 heterocycles. The van der Waals surface area contributed by atoms with Gasteiger partial charge in [-0.25, -0.2) is 9.69 Å². The lowest BCUT2D eigenvalue weighted by Gasteiger charge is -2.33. The van der Waals surface area contributed by atoms with Gasteiger partial charge in [-0.3, -0.25) is 14.5 Å². The first-order valence-corrected chi connectivity index (χ1v) is 11.5. The molecular weight excluding hydrogens is 462 g/mol. The van der Waals surface area contributed by atoms with Gasteiger partial charge in [-0.05, 0) is 55.8 Å². The first-order chi connectivity index (χ1) is 17.4. The molecule has 3 aromatic rings. The van der Waals surface area contributed by atoms with Gasteiger partial charge in [0.25, 0.3) is 11.8 Å². The molecule has 2 aliphatic heterocycles. The summed E-state index contributed by atoms with van der Waals surface area (Å²) in [6.07, 6.45) is 1.55. The van der Waals surface area contributed by atoms with Crippen LogP contribution in [0.4, 0.5) is 10.5 Å². The summed E-state index contributed by atoms with van der Waals surface area (Å²) in [5, 5.41) is 0. The summed E-state index contributed by atoms with van der Waals surface area (Å²) in [6, 6.07) is 15.4. The van der Waals surface area contributed by atoms with Gasteiger partial charge in [0.2, 0.25) is 6.79 Å². The Balaban J connectivity index is 1.57. The molecule has 5 rings (SSSR count). The standard InChI is InChI=1S/C27H25N3O6/c1-17-13-19(18(2)29(17)21-9-10-23-24(15-21)36-16-35-23)14-22-25(31)28(11-12-34-3)27(33)30(26(22)32)20-7-5-4-6-8-20/h4-10,13-15H,11-12,16H2,1-3H3/b22-14-. The van der Waals surface area contributed by atoms with Gasteiger partial charge in [0.1, 0.15) is 5.57 Å². The molecule has 1 aromatic heterocycles. The van der Waals surface area contributed by atoms with E-state index < -0.39 is 17.8 Å². The minimum absolute atomic E-state index is 0.0261. The smallest absolute Gasteiger partial charge is 0.338 e. The van der Waals surface area contributed by atoms with Crippen LogP contribution in [0.3, 0.4) is 0 Å². The number of ether oxygens (including phenoxy) is 3. The first-order valence-electron chi connectivity index (χ1n) is 11.5. The Labute approximate surface area is 208 Å². The number of para-hydroxylation sites is 1. The van der Waals surface area contributed by atoms with Crippen LogP contribution in [0.2, 0.25) is 0 Å². The van der Waals surface area contributed by atoms with Gasteiger partial charge in [-0.1, -0.05) is 18.2 Å². The molecule has 0 unspecified atom stereocenters. The van der Waals surface area contributed by atoms with Gasteiger partial charge in [-0.15, -0.1) is 0 Å². The second kappa shape index (κ2) is 9.35. The Hall–Kier alpha value is -4.37. The van der Waals surface area contributed by atoms with Crippen molar-refractivity contribution >= 4 is 29.6 Å². The van der Waals surface area contributed by atoms with Crippen molar-refractivity contribution in [1.29, 1.82) is 0 Å². The van der Waals surface area contributed by atoms with Crippen molar-refractivity contribution in [3.8, 4) is 17.2 Å². The normalized spacial score (nSPS) is 16.4. The molecule has 0 saturated carbocycles. The van der Waals surface area contributed by atoms with Crippen molar-refractivity contribution in [3.63, 3.8) is 0 Å². The molecule has 0 atom stereocenters. The molecule has 0 spiro atoms. The van der Waals surface area contributed by atoms with Crippen molar-refractivity contribution in [2.24, 2.45) is 0 Å². The molecule has 184 valence electrons. The zero-order valence-electron chi connectivity index (χ0n) is 20.2. The predicted octanol–water partition coefficient (Wildman–Crippen LogP) is 3.85. The van der Waals surface area contributed by atoms with E-state index in [1.807, 2.05) is 42.7 Å². The highest BCUT2D eigenvalue weighted by Gasteiger charge is 2.42. The van der Waals surface area contributed by atoms with Crippen LogP contribution >= 0.6 is 0 Å². The number of imide groups is 2. The molecule has 1 fully saturated rings. The van der Waals surface area contributed by atoms with Crippen molar-refractivity contribution in [2.75, 3.05) is 32.0 Å². The number of methoxy groups -OCH3 is 1. The summed E-state index contributed by atoms with van der Waals surface area (Å²) in [6.45, 7) is 4.21. The van der Waals surface area contributed by atoms with Gasteiger partial charge in [0.15, 0.2) is 11.5 Å². The second-order valence-corrected chi connectivity index (χ2v) is 8.47. The predicted molar refractivity (Wildman–Crippen MR) is 132 cm³/mol. The number of anilines is 1. The summed E-state index contributed by atoms with van der Waals surface area (Å²) in [5.74, 6) is 0.0203. The largest absolute Gasteiger partial charge is 0.454 e. The average molecular weight is 488 g/mol. The van der Waals surface area contributed by atoms with Crippen molar-refractivity contribution in [2.45, 2.75) is 13.8 Å². The molecule has 1 saturated heterocycles. The van der Waals surface area contributed by atoms with Gasteiger partial charge in [0.05, 0.1) is 18.8 Å². The Morgan fingerprint density at radius 2 is 1.67 bits per heavy atom. The van der Waals surface area contributed by atoms with Gasteiger partial charge >= 0.3 is 6.03 Å². The fraction of sp³-hybridized carbons (Fsp3) is 0.222. The summed E-state index contributed by atoms with van der Waals surface area (Å²) < 4.78 is 18.0. The third-order valence-corrected chi connectivity index (χ3v) is 6.25. The fourth-order valence-corrected chi connectivity index (χ4v) is 4.47. The average Bonchev–Trinajstić information content (AvgIpc) is 3.45. The maximum absolute atomic E-state index is 13.5. The molecule has 0 aliphatic carbocycles. The maximum Gasteiger partial charge on any atom is 0.338 e. The number of fused-ring (bicyclic) bond motifs is 1. The zero-order chi connectivity index (χ0) is 25.4. The van der Waals surface area contributed by atoms with Crippen LogP contribution in [0.25, 0.3) is 11.8 Å². The highest BCUT2D eigenvalue weighted by molar-refractivity contribution is 6.39. The first kappa shape index (κ1) is 23.4. The quantitative estimate of drug-likeness (QED) is 0.388. The number of amides is 4. The molecule has 0 radical (unpaired) electrons. The minimum Gasteiger partial charge on any atom is -0.454 e. The van der Waals surface area contributed by atoms with Gasteiger partial charge in [0, 0.05) is 30.3 Å². The van der Waals surface area contributed by atoms with E-state index in [-0.39, 0.29) is 25.5 Å². The molecule has 2 aliphatic rings. The summed E-state index contributed by atoms with van der Waals surface area (Å²) in [4.78, 5) is 42.0. The minimum atomic E-state index is -0.698. The van der Waals surface area contributed by atoms with Crippen LogP contribution in [0.5, 0.6) is 11.5 Å². The number of carbonyl (C=O) groups is 3. The van der Waals surface area contributed by atoms with Crippen molar-refractivity contribution in [3.05, 3.63) is 77.1 Å². The Kier molecular flexibility index (Phi) is 6.07. The lowest BCUT2D eigenvalue weighted by molar-refractivity contribution is -0.129. The number of nitrogens with zero attached hydrogens (tertiary/aromatic N) is 3. The molecule has 9 nitrogen and oxygen atoms in total. The van der Waals surface area contributed by atoms with E-state index in [4.69, 9.17) is 14.2 Å². The van der Waals surface area contributed by atoms with Crippen LogP contribution < -0.4 is 14.4 Å². The number of urea groups is 1. The topological polar surface area (TPSA) is 90.3 Å². The highest BCUT2D eigenvalue weighted by atomic mass is 16.7. The summed E-state index contributed by atoms with van der Waals surface area (Å²) in [7, 11) is 1.49. The van der Waals surface area contributed by atoms with Crippen molar-refractivity contribution < 1.29 is 28.6 Å². The number of barbiturate groups is 1. The zero-order valence-corrected chi connectivity index (χ0v) is 20.2. The van der Waals surface area contributed by atoms with Crippen molar-refractivity contribution in [1.82, 2.24) is 9.47 Å². The summed E-state index contributed by atoms with van der Waals surface area (Å²) in [5.41, 5.74) is 3.57. The highest BCUT2D eigenvalue weighted by Crippen LogP contribution is 2.35. The van der Waals surface area contributed by atoms with E-state index in [9.17, 15) is 14.4 Å². The fourth-order valence-electron chi connectivity index (χ4n) is 4.47. The lowest BCUT2D eigenvalue weighted by Crippen LogP contribution is -2.57. The van der Waals surface area contributed by atoms with E-state index in [1.165, 1.54) is 7.11 Å². The van der Waals surface area contributed by atoms with Crippen LogP contribution in [-0.2, 0) is 14.3 Å². The Bertz CT molecular complexity index is 1390. The number of hydrogen-bond acceptors (Lipinski definition) is 6. The van der Waals surface area contributed by atoms with E-state index in [1.54, 1.807) is 36.4 Å². The van der Waals surface area contributed by atoms with Crippen LogP contribution in [0, 0.1) is 13.8 Å². The molecule has 36 heavy (non-hydrogen) atoms. The van der Waals surface area contributed by atoms with E-state index in [0.717, 1.165) is 26.9 Å². The van der Waals surface area contributed by atoms with E-state index in [0.29, 0.717) is 22.7 Å². The molecule has 0 N–H and O–H groups in total. The molecule has 4 amide bonds. The van der Waals surface area contributed by atoms with Crippen LogP contribution in [0.15, 0.2) is 60.2 Å². The van der Waals surface area contributed by atoms with Gasteiger partial charge < -0.3 is 18.8 Å².